The van der Waals surface area contributed by atoms with Crippen LogP contribution in [0.2, 0.25) is 5.02 Å². The van der Waals surface area contributed by atoms with Crippen LogP contribution >= 0.6 is 23.4 Å². The third kappa shape index (κ3) is 5.87. The quantitative estimate of drug-likeness (QED) is 0.392. The van der Waals surface area contributed by atoms with E-state index in [1.807, 2.05) is 43.3 Å². The van der Waals surface area contributed by atoms with E-state index in [4.69, 9.17) is 16.3 Å². The molecule has 6 nitrogen and oxygen atoms in total. The summed E-state index contributed by atoms with van der Waals surface area (Å²) in [5.41, 5.74) is 2.16. The number of halogens is 1. The van der Waals surface area contributed by atoms with Crippen molar-refractivity contribution in [2.75, 3.05) is 11.9 Å². The van der Waals surface area contributed by atoms with Gasteiger partial charge in [-0.25, -0.2) is 4.98 Å². The van der Waals surface area contributed by atoms with Gasteiger partial charge in [0.1, 0.15) is 5.75 Å². The Balaban J connectivity index is 1.68. The first-order valence-electron chi connectivity index (χ1n) is 9.45. The zero-order chi connectivity index (χ0) is 21.5. The maximum absolute atomic E-state index is 12.5. The highest BCUT2D eigenvalue weighted by Gasteiger charge is 2.14. The van der Waals surface area contributed by atoms with E-state index in [0.717, 1.165) is 5.56 Å². The molecule has 1 amide bonds. The maximum atomic E-state index is 12.5. The summed E-state index contributed by atoms with van der Waals surface area (Å²) in [5.74, 6) is 0.901. The third-order valence-corrected chi connectivity index (χ3v) is 5.44. The molecule has 2 N–H and O–H groups in total. The Morgan fingerprint density at radius 2 is 2.03 bits per heavy atom. The van der Waals surface area contributed by atoms with Gasteiger partial charge in [0.25, 0.3) is 5.56 Å². The number of hydrogen-bond acceptors (Lipinski definition) is 5. The van der Waals surface area contributed by atoms with E-state index in [1.165, 1.54) is 11.8 Å². The van der Waals surface area contributed by atoms with Crippen LogP contribution in [0.25, 0.3) is 0 Å². The number of thioether (sulfide) groups is 1. The number of hydrogen-bond donors (Lipinski definition) is 2. The third-order valence-electron chi connectivity index (χ3n) is 4.26. The Morgan fingerprint density at radius 3 is 2.77 bits per heavy atom. The van der Waals surface area contributed by atoms with Crippen LogP contribution < -0.4 is 15.6 Å². The number of aryl methyl sites for hydroxylation is 1. The highest BCUT2D eigenvalue weighted by Crippen LogP contribution is 2.24. The number of amides is 1. The number of nitrogens with one attached hydrogen (secondary N) is 2. The van der Waals surface area contributed by atoms with Crippen molar-refractivity contribution in [1.82, 2.24) is 9.97 Å². The fourth-order valence-electron chi connectivity index (χ4n) is 2.85. The molecule has 0 aliphatic heterocycles. The lowest BCUT2D eigenvalue weighted by Crippen LogP contribution is -2.24. The average molecular weight is 444 g/mol. The number of ether oxygens (including phenoxy) is 1. The lowest BCUT2D eigenvalue weighted by atomic mass is 10.1. The molecule has 0 bridgehead atoms. The Morgan fingerprint density at radius 1 is 1.23 bits per heavy atom. The number of H-pyrrole nitrogens is 1. The van der Waals surface area contributed by atoms with Crippen LogP contribution in [0.1, 0.15) is 23.7 Å². The van der Waals surface area contributed by atoms with Crippen LogP contribution in [0.4, 0.5) is 5.69 Å². The first-order chi connectivity index (χ1) is 14.5. The molecule has 0 saturated carbocycles. The van der Waals surface area contributed by atoms with Crippen molar-refractivity contribution in [2.45, 2.75) is 31.2 Å². The van der Waals surface area contributed by atoms with Gasteiger partial charge in [0, 0.05) is 22.0 Å². The van der Waals surface area contributed by atoms with Gasteiger partial charge in [0.15, 0.2) is 5.16 Å². The van der Waals surface area contributed by atoms with Gasteiger partial charge in [-0.3, -0.25) is 9.59 Å². The zero-order valence-corrected chi connectivity index (χ0v) is 18.3. The van der Waals surface area contributed by atoms with Gasteiger partial charge < -0.3 is 15.0 Å². The molecule has 3 aromatic rings. The summed E-state index contributed by atoms with van der Waals surface area (Å²) in [6.45, 7) is 4.10. The first kappa shape index (κ1) is 21.9. The number of aromatic nitrogens is 2. The Kier molecular flexibility index (Phi) is 7.54. The molecule has 2 aromatic carbocycles. The van der Waals surface area contributed by atoms with E-state index in [1.54, 1.807) is 19.1 Å². The highest BCUT2D eigenvalue weighted by molar-refractivity contribution is 7.98. The van der Waals surface area contributed by atoms with Gasteiger partial charge in [-0.1, -0.05) is 47.6 Å². The molecule has 0 radical (unpaired) electrons. The van der Waals surface area contributed by atoms with Gasteiger partial charge in [-0.2, -0.15) is 0 Å². The maximum Gasteiger partial charge on any atom is 0.255 e. The number of benzene rings is 2. The second-order valence-corrected chi connectivity index (χ2v) is 7.91. The Labute approximate surface area is 184 Å². The van der Waals surface area contributed by atoms with Crippen molar-refractivity contribution < 1.29 is 9.53 Å². The van der Waals surface area contributed by atoms with Crippen molar-refractivity contribution in [3.8, 4) is 5.75 Å². The van der Waals surface area contributed by atoms with E-state index < -0.39 is 0 Å². The summed E-state index contributed by atoms with van der Waals surface area (Å²) < 4.78 is 5.52. The molecule has 0 aliphatic rings. The van der Waals surface area contributed by atoms with Crippen molar-refractivity contribution in [3.63, 3.8) is 0 Å². The number of carbonyl (C=O) groups excluding carboxylic acids is 1. The van der Waals surface area contributed by atoms with Gasteiger partial charge >= 0.3 is 0 Å². The normalized spacial score (nSPS) is 10.6. The minimum Gasteiger partial charge on any atom is -0.492 e. The molecule has 0 saturated heterocycles. The van der Waals surface area contributed by atoms with Gasteiger partial charge in [-0.15, -0.1) is 0 Å². The van der Waals surface area contributed by atoms with E-state index in [9.17, 15) is 9.59 Å². The van der Waals surface area contributed by atoms with Crippen LogP contribution in [0.15, 0.2) is 58.5 Å². The predicted molar refractivity (Wildman–Crippen MR) is 121 cm³/mol. The van der Waals surface area contributed by atoms with Crippen molar-refractivity contribution >= 4 is 35.0 Å². The molecule has 1 heterocycles. The summed E-state index contributed by atoms with van der Waals surface area (Å²) in [7, 11) is 0. The minimum absolute atomic E-state index is 0.0755. The van der Waals surface area contributed by atoms with Gasteiger partial charge in [0.2, 0.25) is 5.91 Å². The van der Waals surface area contributed by atoms with Crippen LogP contribution in [0.5, 0.6) is 5.75 Å². The number of anilines is 1. The van der Waals surface area contributed by atoms with Crippen LogP contribution in [0.3, 0.4) is 0 Å². The van der Waals surface area contributed by atoms with Crippen LogP contribution in [-0.2, 0) is 17.0 Å². The Bertz CT molecular complexity index is 1100. The molecule has 1 aromatic heterocycles. The number of aromatic amines is 1. The molecule has 8 heteroatoms. The molecule has 0 aliphatic carbocycles. The Hall–Kier alpha value is -2.77. The molecule has 3 rings (SSSR count). The lowest BCUT2D eigenvalue weighted by Gasteiger charge is -2.12. The molecule has 0 unspecified atom stereocenters. The fourth-order valence-corrected chi connectivity index (χ4v) is 3.91. The van der Waals surface area contributed by atoms with Crippen LogP contribution in [-0.4, -0.2) is 22.5 Å². The number of carbonyl (C=O) groups is 1. The highest BCUT2D eigenvalue weighted by atomic mass is 35.5. The van der Waals surface area contributed by atoms with E-state index in [-0.39, 0.29) is 17.9 Å². The second kappa shape index (κ2) is 10.3. The molecular formula is C22H22ClN3O3S. The van der Waals surface area contributed by atoms with E-state index in [2.05, 4.69) is 15.3 Å². The minimum atomic E-state index is -0.315. The van der Waals surface area contributed by atoms with E-state index in [0.29, 0.717) is 45.2 Å². The second-order valence-electron chi connectivity index (χ2n) is 6.51. The lowest BCUT2D eigenvalue weighted by molar-refractivity contribution is -0.115. The molecule has 0 fully saturated rings. The van der Waals surface area contributed by atoms with Crippen molar-refractivity contribution in [3.05, 3.63) is 80.7 Å². The van der Waals surface area contributed by atoms with Crippen molar-refractivity contribution in [2.24, 2.45) is 0 Å². The summed E-state index contributed by atoms with van der Waals surface area (Å²) in [6, 6.07) is 14.7. The topological polar surface area (TPSA) is 84.1 Å². The average Bonchev–Trinajstić information content (AvgIpc) is 2.71. The van der Waals surface area contributed by atoms with Gasteiger partial charge in [-0.05, 0) is 43.7 Å². The SMILES string of the molecule is CCOc1ccccc1NC(=O)Cc1c(C)nc(SCc2cccc(Cl)c2)[nH]c1=O. The van der Waals surface area contributed by atoms with Crippen LogP contribution in [0, 0.1) is 6.92 Å². The largest absolute Gasteiger partial charge is 0.492 e. The summed E-state index contributed by atoms with van der Waals surface area (Å²) >= 11 is 7.41. The molecule has 0 atom stereocenters. The molecular weight excluding hydrogens is 422 g/mol. The summed E-state index contributed by atoms with van der Waals surface area (Å²) in [6.07, 6.45) is -0.0755. The van der Waals surface area contributed by atoms with E-state index >= 15 is 0 Å². The first-order valence-corrected chi connectivity index (χ1v) is 10.8. The molecule has 30 heavy (non-hydrogen) atoms. The van der Waals surface area contributed by atoms with Crippen molar-refractivity contribution in [1.29, 1.82) is 0 Å². The monoisotopic (exact) mass is 443 g/mol. The predicted octanol–water partition coefficient (Wildman–Crippen LogP) is 4.60. The number of para-hydroxylation sites is 2. The smallest absolute Gasteiger partial charge is 0.255 e. The number of rotatable bonds is 8. The summed E-state index contributed by atoms with van der Waals surface area (Å²) in [4.78, 5) is 32.3. The fraction of sp³-hybridized carbons (Fsp3) is 0.227. The number of nitrogens with zero attached hydrogens (tertiary/aromatic N) is 1. The molecule has 0 spiro atoms. The zero-order valence-electron chi connectivity index (χ0n) is 16.7. The standard InChI is InChI=1S/C22H22ClN3O3S/c1-3-29-19-10-5-4-9-18(19)25-20(27)12-17-14(2)24-22(26-21(17)28)30-13-15-7-6-8-16(23)11-15/h4-11H,3,12-13H2,1-2H3,(H,25,27)(H,24,26,28). The summed E-state index contributed by atoms with van der Waals surface area (Å²) in [5, 5.41) is 3.97. The van der Waals surface area contributed by atoms with Gasteiger partial charge in [0.05, 0.1) is 18.7 Å². The molecule has 156 valence electrons.